The number of benzene rings is 1. The van der Waals surface area contributed by atoms with Gasteiger partial charge >= 0.3 is 0 Å². The second-order valence-electron chi connectivity index (χ2n) is 6.37. The molecule has 0 aromatic heterocycles. The highest BCUT2D eigenvalue weighted by Gasteiger charge is 2.22. The van der Waals surface area contributed by atoms with Crippen molar-refractivity contribution in [2.75, 3.05) is 19.8 Å². The second-order valence-corrected chi connectivity index (χ2v) is 6.37. The fourth-order valence-corrected chi connectivity index (χ4v) is 3.28. The van der Waals surface area contributed by atoms with Crippen LogP contribution < -0.4 is 14.8 Å². The molecular formula is C18H25NO3. The van der Waals surface area contributed by atoms with Gasteiger partial charge in [0.25, 0.3) is 0 Å². The maximum atomic E-state index is 12.0. The summed E-state index contributed by atoms with van der Waals surface area (Å²) in [6.07, 6.45) is 5.46. The molecule has 0 bridgehead atoms. The largest absolute Gasteiger partial charge is 0.486 e. The van der Waals surface area contributed by atoms with Gasteiger partial charge in [-0.25, -0.2) is 0 Å². The van der Waals surface area contributed by atoms with E-state index in [-0.39, 0.29) is 11.8 Å². The molecule has 1 aromatic rings. The van der Waals surface area contributed by atoms with E-state index in [1.807, 2.05) is 6.07 Å². The number of fused-ring (bicyclic) bond motifs is 1. The lowest BCUT2D eigenvalue weighted by Crippen LogP contribution is -2.30. The Labute approximate surface area is 132 Å². The number of ether oxygens (including phenoxy) is 2. The van der Waals surface area contributed by atoms with Gasteiger partial charge in [-0.3, -0.25) is 4.79 Å². The predicted octanol–water partition coefficient (Wildman–Crippen LogP) is 3.26. The van der Waals surface area contributed by atoms with Crippen LogP contribution in [-0.4, -0.2) is 25.7 Å². The van der Waals surface area contributed by atoms with Crippen LogP contribution in [0.25, 0.3) is 0 Å². The summed E-state index contributed by atoms with van der Waals surface area (Å²) >= 11 is 0. The van der Waals surface area contributed by atoms with Gasteiger partial charge < -0.3 is 14.8 Å². The predicted molar refractivity (Wildman–Crippen MR) is 85.4 cm³/mol. The summed E-state index contributed by atoms with van der Waals surface area (Å²) in [4.78, 5) is 12.0. The Morgan fingerprint density at radius 2 is 1.95 bits per heavy atom. The highest BCUT2D eigenvalue weighted by molar-refractivity contribution is 5.78. The number of rotatable bonds is 5. The van der Waals surface area contributed by atoms with Crippen molar-refractivity contribution in [1.29, 1.82) is 0 Å². The van der Waals surface area contributed by atoms with E-state index < -0.39 is 0 Å². The molecule has 22 heavy (non-hydrogen) atoms. The molecule has 1 heterocycles. The van der Waals surface area contributed by atoms with E-state index >= 15 is 0 Å². The van der Waals surface area contributed by atoms with Gasteiger partial charge in [-0.15, -0.1) is 0 Å². The first-order valence-electron chi connectivity index (χ1n) is 8.41. The van der Waals surface area contributed by atoms with Gasteiger partial charge in [-0.05, 0) is 42.9 Å². The molecule has 1 N–H and O–H groups in total. The Morgan fingerprint density at radius 3 is 2.73 bits per heavy atom. The van der Waals surface area contributed by atoms with Crippen LogP contribution in [0.5, 0.6) is 11.5 Å². The minimum absolute atomic E-state index is 0.242. The summed E-state index contributed by atoms with van der Waals surface area (Å²) < 4.78 is 11.2. The van der Waals surface area contributed by atoms with Crippen molar-refractivity contribution >= 4 is 5.91 Å². The number of amides is 1. The van der Waals surface area contributed by atoms with Crippen LogP contribution >= 0.6 is 0 Å². The molecule has 1 amide bonds. The molecule has 4 heteroatoms. The molecule has 1 atom stereocenters. The lowest BCUT2D eigenvalue weighted by molar-refractivity contribution is -0.124. The van der Waals surface area contributed by atoms with Crippen molar-refractivity contribution in [2.24, 2.45) is 5.92 Å². The van der Waals surface area contributed by atoms with Crippen molar-refractivity contribution in [3.63, 3.8) is 0 Å². The Hall–Kier alpha value is -1.71. The van der Waals surface area contributed by atoms with Crippen LogP contribution in [0.15, 0.2) is 18.2 Å². The van der Waals surface area contributed by atoms with Gasteiger partial charge in [0.2, 0.25) is 5.91 Å². The third-order valence-corrected chi connectivity index (χ3v) is 4.74. The number of hydrogen-bond donors (Lipinski definition) is 1. The molecular weight excluding hydrogens is 278 g/mol. The summed E-state index contributed by atoms with van der Waals surface area (Å²) in [5.74, 6) is 2.55. The zero-order valence-corrected chi connectivity index (χ0v) is 13.3. The summed E-state index contributed by atoms with van der Waals surface area (Å²) in [7, 11) is 0. The smallest absolute Gasteiger partial charge is 0.223 e. The third kappa shape index (κ3) is 3.54. The molecule has 120 valence electrons. The Kier molecular flexibility index (Phi) is 4.86. The van der Waals surface area contributed by atoms with Crippen LogP contribution in [-0.2, 0) is 4.79 Å². The molecule has 0 saturated heterocycles. The van der Waals surface area contributed by atoms with Crippen LogP contribution in [0.1, 0.15) is 50.5 Å². The summed E-state index contributed by atoms with van der Waals surface area (Å²) in [5.41, 5.74) is 1.24. The summed E-state index contributed by atoms with van der Waals surface area (Å²) in [6.45, 7) is 4.16. The Morgan fingerprint density at radius 1 is 1.23 bits per heavy atom. The molecule has 1 aliphatic carbocycles. The van der Waals surface area contributed by atoms with Crippen molar-refractivity contribution in [3.8, 4) is 11.5 Å². The monoisotopic (exact) mass is 303 g/mol. The fraction of sp³-hybridized carbons (Fsp3) is 0.611. The van der Waals surface area contributed by atoms with E-state index in [0.29, 0.717) is 19.1 Å². The third-order valence-electron chi connectivity index (χ3n) is 4.74. The maximum absolute atomic E-state index is 12.0. The van der Waals surface area contributed by atoms with Crippen LogP contribution in [0.3, 0.4) is 0 Å². The second kappa shape index (κ2) is 7.03. The molecule has 0 spiro atoms. The average Bonchev–Trinajstić information content (AvgIpc) is 3.08. The van der Waals surface area contributed by atoms with E-state index in [0.717, 1.165) is 37.3 Å². The summed E-state index contributed by atoms with van der Waals surface area (Å²) in [5, 5.41) is 3.09. The Balaban J connectivity index is 1.49. The minimum Gasteiger partial charge on any atom is -0.486 e. The fourth-order valence-electron chi connectivity index (χ4n) is 3.28. The maximum Gasteiger partial charge on any atom is 0.223 e. The van der Waals surface area contributed by atoms with E-state index in [1.54, 1.807) is 0 Å². The standard InChI is InChI=1S/C18H25NO3/c1-13(8-9-19-18(20)14-4-2-3-5-14)15-6-7-16-17(12-15)22-11-10-21-16/h6-7,12-14H,2-5,8-11H2,1H3,(H,19,20). The van der Waals surface area contributed by atoms with Crippen molar-refractivity contribution in [2.45, 2.75) is 44.9 Å². The van der Waals surface area contributed by atoms with Crippen LogP contribution in [0.4, 0.5) is 0 Å². The van der Waals surface area contributed by atoms with E-state index in [2.05, 4.69) is 24.4 Å². The number of nitrogens with one attached hydrogen (secondary N) is 1. The normalized spacial score (nSPS) is 19.0. The zero-order valence-electron chi connectivity index (χ0n) is 13.3. The van der Waals surface area contributed by atoms with Crippen LogP contribution in [0.2, 0.25) is 0 Å². The van der Waals surface area contributed by atoms with Gasteiger partial charge in [0, 0.05) is 12.5 Å². The first-order chi connectivity index (χ1) is 10.7. The zero-order chi connectivity index (χ0) is 15.4. The van der Waals surface area contributed by atoms with Gasteiger partial charge in [0.15, 0.2) is 11.5 Å². The van der Waals surface area contributed by atoms with E-state index in [9.17, 15) is 4.79 Å². The van der Waals surface area contributed by atoms with Gasteiger partial charge in [-0.1, -0.05) is 25.8 Å². The average molecular weight is 303 g/mol. The topological polar surface area (TPSA) is 47.6 Å². The number of hydrogen-bond acceptors (Lipinski definition) is 3. The minimum atomic E-state index is 0.242. The Bertz CT molecular complexity index is 523. The van der Waals surface area contributed by atoms with Crippen molar-refractivity contribution in [1.82, 2.24) is 5.32 Å². The number of carbonyl (C=O) groups is 1. The highest BCUT2D eigenvalue weighted by atomic mass is 16.6. The van der Waals surface area contributed by atoms with Gasteiger partial charge in [0.1, 0.15) is 13.2 Å². The first kappa shape index (κ1) is 15.2. The molecule has 1 fully saturated rings. The van der Waals surface area contributed by atoms with Crippen LogP contribution in [0, 0.1) is 5.92 Å². The van der Waals surface area contributed by atoms with Crippen molar-refractivity contribution in [3.05, 3.63) is 23.8 Å². The van der Waals surface area contributed by atoms with E-state index in [1.165, 1.54) is 18.4 Å². The summed E-state index contributed by atoms with van der Waals surface area (Å²) in [6, 6.07) is 6.15. The number of carbonyl (C=O) groups excluding carboxylic acids is 1. The lowest BCUT2D eigenvalue weighted by Gasteiger charge is -2.20. The molecule has 2 aliphatic rings. The van der Waals surface area contributed by atoms with E-state index in [4.69, 9.17) is 9.47 Å². The molecule has 1 unspecified atom stereocenters. The van der Waals surface area contributed by atoms with Crippen molar-refractivity contribution < 1.29 is 14.3 Å². The van der Waals surface area contributed by atoms with Gasteiger partial charge in [0.05, 0.1) is 0 Å². The lowest BCUT2D eigenvalue weighted by atomic mass is 9.97. The first-order valence-corrected chi connectivity index (χ1v) is 8.41. The molecule has 0 radical (unpaired) electrons. The highest BCUT2D eigenvalue weighted by Crippen LogP contribution is 2.33. The SMILES string of the molecule is CC(CCNC(=O)C1CCCC1)c1ccc2c(c1)OCCO2. The molecule has 3 rings (SSSR count). The quantitative estimate of drug-likeness (QED) is 0.908. The molecule has 4 nitrogen and oxygen atoms in total. The molecule has 1 aliphatic heterocycles. The van der Waals surface area contributed by atoms with Gasteiger partial charge in [-0.2, -0.15) is 0 Å². The molecule has 1 saturated carbocycles. The molecule has 1 aromatic carbocycles.